The van der Waals surface area contributed by atoms with Crippen LogP contribution in [0.2, 0.25) is 0 Å². The molecule has 162 valence electrons. The van der Waals surface area contributed by atoms with E-state index in [-0.39, 0.29) is 24.2 Å². The zero-order valence-corrected chi connectivity index (χ0v) is 18.3. The van der Waals surface area contributed by atoms with Crippen molar-refractivity contribution in [3.8, 4) is 0 Å². The zero-order valence-electron chi connectivity index (χ0n) is 17.5. The van der Waals surface area contributed by atoms with Crippen LogP contribution in [0.25, 0.3) is 0 Å². The highest BCUT2D eigenvalue weighted by Gasteiger charge is 2.18. The van der Waals surface area contributed by atoms with Gasteiger partial charge >= 0.3 is 5.97 Å². The van der Waals surface area contributed by atoms with Crippen molar-refractivity contribution in [1.82, 2.24) is 4.90 Å². The van der Waals surface area contributed by atoms with E-state index in [2.05, 4.69) is 18.5 Å². The number of thioether (sulfide) groups is 1. The summed E-state index contributed by atoms with van der Waals surface area (Å²) in [5.41, 5.74) is 2.13. The molecule has 2 rings (SSSR count). The topological polar surface area (TPSA) is 75.7 Å². The molecule has 0 atom stereocenters. The Hall–Kier alpha value is -3.32. The number of benzene rings is 2. The van der Waals surface area contributed by atoms with Crippen molar-refractivity contribution in [2.24, 2.45) is 0 Å². The predicted octanol–water partition coefficient (Wildman–Crippen LogP) is 4.08. The summed E-state index contributed by atoms with van der Waals surface area (Å²) in [4.78, 5) is 39.1. The van der Waals surface area contributed by atoms with E-state index in [1.54, 1.807) is 36.4 Å². The standard InChI is InChI=1S/C24H26N2O4S/c1-4-14-26(15-5-2)23(28)16-30-24(29)20-8-6-7-9-21(20)31-17-22(27)25-19-12-10-18(3)11-13-19/h4-13H,1-2,14-17H2,3H3,(H,25,27). The molecule has 0 heterocycles. The number of aryl methyl sites for hydroxylation is 1. The summed E-state index contributed by atoms with van der Waals surface area (Å²) < 4.78 is 5.21. The summed E-state index contributed by atoms with van der Waals surface area (Å²) in [6, 6.07) is 14.3. The van der Waals surface area contributed by atoms with Crippen LogP contribution in [0.4, 0.5) is 5.69 Å². The number of rotatable bonds is 11. The number of nitrogens with zero attached hydrogens (tertiary/aromatic N) is 1. The van der Waals surface area contributed by atoms with Crippen molar-refractivity contribution < 1.29 is 19.1 Å². The van der Waals surface area contributed by atoms with Crippen molar-refractivity contribution in [2.45, 2.75) is 11.8 Å². The number of anilines is 1. The summed E-state index contributed by atoms with van der Waals surface area (Å²) >= 11 is 1.23. The maximum absolute atomic E-state index is 12.5. The molecule has 0 bridgehead atoms. The number of hydrogen-bond donors (Lipinski definition) is 1. The van der Waals surface area contributed by atoms with Crippen LogP contribution in [0.5, 0.6) is 0 Å². The molecule has 0 aliphatic rings. The lowest BCUT2D eigenvalue weighted by Gasteiger charge is -2.19. The smallest absolute Gasteiger partial charge is 0.339 e. The SMILES string of the molecule is C=CCN(CC=C)C(=O)COC(=O)c1ccccc1SCC(=O)Nc1ccc(C)cc1. The Morgan fingerprint density at radius 2 is 1.68 bits per heavy atom. The quantitative estimate of drug-likeness (QED) is 0.325. The van der Waals surface area contributed by atoms with Crippen LogP contribution in [-0.4, -0.2) is 48.1 Å². The van der Waals surface area contributed by atoms with Crippen LogP contribution in [0, 0.1) is 6.92 Å². The first kappa shape index (κ1) is 24.0. The van der Waals surface area contributed by atoms with Crippen molar-refractivity contribution in [2.75, 3.05) is 30.8 Å². The second kappa shape index (κ2) is 12.4. The van der Waals surface area contributed by atoms with Crippen LogP contribution in [0.15, 0.2) is 78.7 Å². The molecule has 2 aromatic carbocycles. The maximum Gasteiger partial charge on any atom is 0.339 e. The monoisotopic (exact) mass is 438 g/mol. The van der Waals surface area contributed by atoms with Gasteiger partial charge in [-0.2, -0.15) is 0 Å². The summed E-state index contributed by atoms with van der Waals surface area (Å²) in [7, 11) is 0. The van der Waals surface area contributed by atoms with Crippen molar-refractivity contribution >= 4 is 35.2 Å². The molecule has 0 saturated carbocycles. The maximum atomic E-state index is 12.5. The van der Waals surface area contributed by atoms with E-state index in [1.165, 1.54) is 16.7 Å². The summed E-state index contributed by atoms with van der Waals surface area (Å²) in [5.74, 6) is -1.01. The summed E-state index contributed by atoms with van der Waals surface area (Å²) in [5, 5.41) is 2.82. The van der Waals surface area contributed by atoms with E-state index in [0.29, 0.717) is 29.2 Å². The van der Waals surface area contributed by atoms with Gasteiger partial charge in [0.05, 0.1) is 11.3 Å². The lowest BCUT2D eigenvalue weighted by atomic mass is 10.2. The second-order valence-electron chi connectivity index (χ2n) is 6.65. The molecule has 6 nitrogen and oxygen atoms in total. The van der Waals surface area contributed by atoms with E-state index >= 15 is 0 Å². The minimum Gasteiger partial charge on any atom is -0.452 e. The first-order chi connectivity index (χ1) is 14.9. The highest BCUT2D eigenvalue weighted by Crippen LogP contribution is 2.23. The number of carbonyl (C=O) groups excluding carboxylic acids is 3. The van der Waals surface area contributed by atoms with Gasteiger partial charge in [-0.25, -0.2) is 4.79 Å². The average molecular weight is 439 g/mol. The van der Waals surface area contributed by atoms with Crippen LogP contribution < -0.4 is 5.32 Å². The number of ether oxygens (including phenoxy) is 1. The highest BCUT2D eigenvalue weighted by atomic mass is 32.2. The third-order valence-electron chi connectivity index (χ3n) is 4.18. The van der Waals surface area contributed by atoms with Gasteiger partial charge in [0.1, 0.15) is 0 Å². The molecule has 0 saturated heterocycles. The average Bonchev–Trinajstić information content (AvgIpc) is 2.77. The molecule has 2 aromatic rings. The van der Waals surface area contributed by atoms with Crippen LogP contribution >= 0.6 is 11.8 Å². The molecular formula is C24H26N2O4S. The third kappa shape index (κ3) is 7.79. The molecule has 2 amide bonds. The largest absolute Gasteiger partial charge is 0.452 e. The lowest BCUT2D eigenvalue weighted by molar-refractivity contribution is -0.133. The minimum atomic E-state index is -0.618. The number of hydrogen-bond acceptors (Lipinski definition) is 5. The molecule has 0 radical (unpaired) electrons. The van der Waals surface area contributed by atoms with Crippen LogP contribution in [0.3, 0.4) is 0 Å². The molecule has 0 unspecified atom stereocenters. The summed E-state index contributed by atoms with van der Waals surface area (Å²) in [6.07, 6.45) is 3.19. The fourth-order valence-corrected chi connectivity index (χ4v) is 3.47. The van der Waals surface area contributed by atoms with Gasteiger partial charge < -0.3 is 15.0 Å². The second-order valence-corrected chi connectivity index (χ2v) is 7.67. The molecule has 0 aromatic heterocycles. The molecule has 1 N–H and O–H groups in total. The highest BCUT2D eigenvalue weighted by molar-refractivity contribution is 8.00. The van der Waals surface area contributed by atoms with Gasteiger partial charge in [-0.1, -0.05) is 42.0 Å². The van der Waals surface area contributed by atoms with Crippen LogP contribution in [0.1, 0.15) is 15.9 Å². The van der Waals surface area contributed by atoms with E-state index < -0.39 is 5.97 Å². The number of nitrogens with one attached hydrogen (secondary N) is 1. The Bertz CT molecular complexity index is 931. The van der Waals surface area contributed by atoms with Crippen molar-refractivity contribution in [3.63, 3.8) is 0 Å². The first-order valence-electron chi connectivity index (χ1n) is 9.69. The number of carbonyl (C=O) groups is 3. The van der Waals surface area contributed by atoms with Crippen LogP contribution in [-0.2, 0) is 14.3 Å². The van der Waals surface area contributed by atoms with E-state index in [0.717, 1.165) is 5.56 Å². The Balaban J connectivity index is 1.94. The number of amides is 2. The molecule has 0 aliphatic heterocycles. The zero-order chi connectivity index (χ0) is 22.6. The molecule has 0 spiro atoms. The van der Waals surface area contributed by atoms with Gasteiger partial charge in [0, 0.05) is 23.7 Å². The molecule has 7 heteroatoms. The van der Waals surface area contributed by atoms with Gasteiger partial charge in [0.15, 0.2) is 6.61 Å². The Morgan fingerprint density at radius 1 is 1.03 bits per heavy atom. The number of esters is 1. The van der Waals surface area contributed by atoms with Gasteiger partial charge in [0.2, 0.25) is 5.91 Å². The lowest BCUT2D eigenvalue weighted by Crippen LogP contribution is -2.35. The molecule has 0 aliphatic carbocycles. The Kier molecular flexibility index (Phi) is 9.58. The minimum absolute atomic E-state index is 0.129. The van der Waals surface area contributed by atoms with Crippen molar-refractivity contribution in [1.29, 1.82) is 0 Å². The predicted molar refractivity (Wildman–Crippen MR) is 124 cm³/mol. The fourth-order valence-electron chi connectivity index (χ4n) is 2.62. The van der Waals surface area contributed by atoms with Gasteiger partial charge in [-0.05, 0) is 31.2 Å². The Labute approximate surface area is 187 Å². The third-order valence-corrected chi connectivity index (χ3v) is 5.25. The van der Waals surface area contributed by atoms with Crippen molar-refractivity contribution in [3.05, 3.63) is 85.0 Å². The summed E-state index contributed by atoms with van der Waals surface area (Å²) in [6.45, 7) is 9.49. The van der Waals surface area contributed by atoms with E-state index in [1.807, 2.05) is 31.2 Å². The molecule has 0 fully saturated rings. The Morgan fingerprint density at radius 3 is 2.32 bits per heavy atom. The van der Waals surface area contributed by atoms with E-state index in [4.69, 9.17) is 4.74 Å². The van der Waals surface area contributed by atoms with Gasteiger partial charge in [0.25, 0.3) is 5.91 Å². The first-order valence-corrected chi connectivity index (χ1v) is 10.7. The van der Waals surface area contributed by atoms with E-state index in [9.17, 15) is 14.4 Å². The van der Waals surface area contributed by atoms with Gasteiger partial charge in [-0.3, -0.25) is 9.59 Å². The molecule has 31 heavy (non-hydrogen) atoms. The molecular weight excluding hydrogens is 412 g/mol. The normalized spacial score (nSPS) is 10.1. The van der Waals surface area contributed by atoms with Gasteiger partial charge in [-0.15, -0.1) is 24.9 Å². The fraction of sp³-hybridized carbons (Fsp3) is 0.208.